The van der Waals surface area contributed by atoms with Crippen LogP contribution in [0.1, 0.15) is 11.1 Å². The standard InChI is InChI=1S/C14H14N2O/c1-11-6-2-4-8-13(11)16-15-10-12-7-3-5-9-14(12)17/h2-9,17H,10H2,1H3. The van der Waals surface area contributed by atoms with E-state index >= 15 is 0 Å². The van der Waals surface area contributed by atoms with Crippen molar-refractivity contribution in [1.29, 1.82) is 0 Å². The zero-order valence-electron chi connectivity index (χ0n) is 9.67. The monoisotopic (exact) mass is 226 g/mol. The summed E-state index contributed by atoms with van der Waals surface area (Å²) in [6.07, 6.45) is 0. The Morgan fingerprint density at radius 1 is 1.00 bits per heavy atom. The highest BCUT2D eigenvalue weighted by atomic mass is 16.3. The molecule has 1 N–H and O–H groups in total. The number of phenols is 1. The van der Waals surface area contributed by atoms with Gasteiger partial charge >= 0.3 is 0 Å². The van der Waals surface area contributed by atoms with Gasteiger partial charge in [0.2, 0.25) is 0 Å². The second-order valence-electron chi connectivity index (χ2n) is 3.81. The van der Waals surface area contributed by atoms with E-state index in [0.717, 1.165) is 16.8 Å². The van der Waals surface area contributed by atoms with Gasteiger partial charge in [-0.05, 0) is 24.6 Å². The maximum Gasteiger partial charge on any atom is 0.120 e. The number of azo groups is 1. The van der Waals surface area contributed by atoms with Crippen LogP contribution in [0.3, 0.4) is 0 Å². The second kappa shape index (κ2) is 5.25. The third-order valence-corrected chi connectivity index (χ3v) is 2.53. The minimum Gasteiger partial charge on any atom is -0.508 e. The van der Waals surface area contributed by atoms with Crippen LogP contribution in [0, 0.1) is 6.92 Å². The fraction of sp³-hybridized carbons (Fsp3) is 0.143. The number of para-hydroxylation sites is 1. The van der Waals surface area contributed by atoms with Gasteiger partial charge in [0, 0.05) is 5.56 Å². The van der Waals surface area contributed by atoms with E-state index in [1.165, 1.54) is 0 Å². The lowest BCUT2D eigenvalue weighted by Gasteiger charge is -2.00. The van der Waals surface area contributed by atoms with Gasteiger partial charge in [-0.25, -0.2) is 0 Å². The van der Waals surface area contributed by atoms with Crippen LogP contribution in [0.15, 0.2) is 58.8 Å². The average Bonchev–Trinajstić information content (AvgIpc) is 2.34. The topological polar surface area (TPSA) is 45.0 Å². The molecule has 0 aromatic heterocycles. The Bertz CT molecular complexity index is 535. The summed E-state index contributed by atoms with van der Waals surface area (Å²) in [6, 6.07) is 15.0. The molecular weight excluding hydrogens is 212 g/mol. The van der Waals surface area contributed by atoms with Gasteiger partial charge < -0.3 is 5.11 Å². The lowest BCUT2D eigenvalue weighted by Crippen LogP contribution is -1.80. The van der Waals surface area contributed by atoms with E-state index in [2.05, 4.69) is 10.2 Å². The third-order valence-electron chi connectivity index (χ3n) is 2.53. The molecule has 0 radical (unpaired) electrons. The summed E-state index contributed by atoms with van der Waals surface area (Å²) in [5.74, 6) is 0.260. The zero-order chi connectivity index (χ0) is 12.1. The summed E-state index contributed by atoms with van der Waals surface area (Å²) in [6.45, 7) is 2.38. The maximum absolute atomic E-state index is 9.56. The largest absolute Gasteiger partial charge is 0.508 e. The van der Waals surface area contributed by atoms with E-state index in [4.69, 9.17) is 0 Å². The maximum atomic E-state index is 9.56. The van der Waals surface area contributed by atoms with E-state index in [-0.39, 0.29) is 5.75 Å². The molecule has 3 nitrogen and oxygen atoms in total. The summed E-state index contributed by atoms with van der Waals surface area (Å²) < 4.78 is 0. The summed E-state index contributed by atoms with van der Waals surface area (Å²) in [5, 5.41) is 17.8. The number of aromatic hydroxyl groups is 1. The Morgan fingerprint density at radius 2 is 1.71 bits per heavy atom. The number of phenolic OH excluding ortho intramolecular Hbond substituents is 1. The predicted octanol–water partition coefficient (Wildman–Crippen LogP) is 3.98. The molecule has 2 aromatic rings. The number of aryl methyl sites for hydroxylation is 1. The quantitative estimate of drug-likeness (QED) is 0.790. The van der Waals surface area contributed by atoms with E-state index in [0.29, 0.717) is 6.54 Å². The average molecular weight is 226 g/mol. The highest BCUT2D eigenvalue weighted by Crippen LogP contribution is 2.20. The Morgan fingerprint density at radius 3 is 2.47 bits per heavy atom. The minimum absolute atomic E-state index is 0.260. The highest BCUT2D eigenvalue weighted by Gasteiger charge is 1.98. The van der Waals surface area contributed by atoms with Crippen molar-refractivity contribution >= 4 is 5.69 Å². The van der Waals surface area contributed by atoms with Crippen LogP contribution in [0.2, 0.25) is 0 Å². The summed E-state index contributed by atoms with van der Waals surface area (Å²) in [5.41, 5.74) is 2.74. The molecule has 2 aromatic carbocycles. The van der Waals surface area contributed by atoms with Crippen LogP contribution in [-0.2, 0) is 6.54 Å². The predicted molar refractivity (Wildman–Crippen MR) is 67.5 cm³/mol. The number of nitrogens with zero attached hydrogens (tertiary/aromatic N) is 2. The molecule has 0 amide bonds. The molecule has 17 heavy (non-hydrogen) atoms. The molecule has 0 aliphatic heterocycles. The normalized spacial score (nSPS) is 10.9. The Labute approximate surface area is 100 Å². The van der Waals surface area contributed by atoms with Gasteiger partial charge in [0.25, 0.3) is 0 Å². The van der Waals surface area contributed by atoms with E-state index < -0.39 is 0 Å². The molecule has 0 atom stereocenters. The van der Waals surface area contributed by atoms with Gasteiger partial charge in [-0.1, -0.05) is 36.4 Å². The van der Waals surface area contributed by atoms with Gasteiger partial charge in [-0.15, -0.1) is 0 Å². The number of rotatable bonds is 3. The summed E-state index contributed by atoms with van der Waals surface area (Å²) in [4.78, 5) is 0. The fourth-order valence-electron chi connectivity index (χ4n) is 1.51. The molecule has 0 saturated heterocycles. The zero-order valence-corrected chi connectivity index (χ0v) is 9.67. The first-order valence-corrected chi connectivity index (χ1v) is 5.47. The lowest BCUT2D eigenvalue weighted by atomic mass is 10.2. The molecule has 0 aliphatic rings. The summed E-state index contributed by atoms with van der Waals surface area (Å²) >= 11 is 0. The van der Waals surface area contributed by atoms with Crippen LogP contribution < -0.4 is 0 Å². The van der Waals surface area contributed by atoms with Crippen molar-refractivity contribution in [3.05, 3.63) is 59.7 Å². The summed E-state index contributed by atoms with van der Waals surface area (Å²) in [7, 11) is 0. The van der Waals surface area contributed by atoms with E-state index in [9.17, 15) is 5.11 Å². The van der Waals surface area contributed by atoms with Crippen molar-refractivity contribution in [1.82, 2.24) is 0 Å². The second-order valence-corrected chi connectivity index (χ2v) is 3.81. The van der Waals surface area contributed by atoms with Gasteiger partial charge in [0.15, 0.2) is 0 Å². The Kier molecular flexibility index (Phi) is 3.50. The molecule has 2 rings (SSSR count). The minimum atomic E-state index is 0.260. The van der Waals surface area contributed by atoms with E-state index in [1.807, 2.05) is 43.3 Å². The van der Waals surface area contributed by atoms with Gasteiger partial charge in [0.1, 0.15) is 5.75 Å². The molecule has 0 fully saturated rings. The number of hydrogen-bond acceptors (Lipinski definition) is 3. The molecule has 0 saturated carbocycles. The SMILES string of the molecule is Cc1ccccc1N=NCc1ccccc1O. The molecule has 0 spiro atoms. The molecule has 0 unspecified atom stereocenters. The number of hydrogen-bond donors (Lipinski definition) is 1. The van der Waals surface area contributed by atoms with Crippen molar-refractivity contribution in [2.75, 3.05) is 0 Å². The lowest BCUT2D eigenvalue weighted by molar-refractivity contribution is 0.468. The first-order valence-electron chi connectivity index (χ1n) is 5.47. The van der Waals surface area contributed by atoms with Crippen LogP contribution in [0.4, 0.5) is 5.69 Å². The smallest absolute Gasteiger partial charge is 0.120 e. The Hall–Kier alpha value is -2.16. The molecule has 0 aliphatic carbocycles. The van der Waals surface area contributed by atoms with Gasteiger partial charge in [-0.3, -0.25) is 0 Å². The van der Waals surface area contributed by atoms with Crippen molar-refractivity contribution in [3.63, 3.8) is 0 Å². The van der Waals surface area contributed by atoms with Crippen LogP contribution in [-0.4, -0.2) is 5.11 Å². The van der Waals surface area contributed by atoms with Crippen molar-refractivity contribution in [2.24, 2.45) is 10.2 Å². The number of benzene rings is 2. The van der Waals surface area contributed by atoms with Crippen molar-refractivity contribution in [3.8, 4) is 5.75 Å². The van der Waals surface area contributed by atoms with Crippen LogP contribution in [0.5, 0.6) is 5.75 Å². The van der Waals surface area contributed by atoms with Crippen LogP contribution in [0.25, 0.3) is 0 Å². The third kappa shape index (κ3) is 2.91. The first kappa shape index (κ1) is 11.3. The Balaban J connectivity index is 2.09. The van der Waals surface area contributed by atoms with Crippen molar-refractivity contribution < 1.29 is 5.11 Å². The molecular formula is C14H14N2O. The van der Waals surface area contributed by atoms with Crippen LogP contribution >= 0.6 is 0 Å². The molecule has 3 heteroatoms. The molecule has 86 valence electrons. The molecule has 0 heterocycles. The van der Waals surface area contributed by atoms with E-state index in [1.54, 1.807) is 12.1 Å². The van der Waals surface area contributed by atoms with Gasteiger partial charge in [0.05, 0.1) is 12.2 Å². The first-order chi connectivity index (χ1) is 8.27. The fourth-order valence-corrected chi connectivity index (χ4v) is 1.51. The van der Waals surface area contributed by atoms with Crippen molar-refractivity contribution in [2.45, 2.75) is 13.5 Å². The van der Waals surface area contributed by atoms with Gasteiger partial charge in [-0.2, -0.15) is 10.2 Å². The highest BCUT2D eigenvalue weighted by molar-refractivity contribution is 5.43. The molecule has 0 bridgehead atoms.